The number of aromatic amines is 1. The van der Waals surface area contributed by atoms with Gasteiger partial charge >= 0.3 is 0 Å². The lowest BCUT2D eigenvalue weighted by Gasteiger charge is -2.56. The molecule has 0 saturated heterocycles. The molecule has 5 rings (SSSR count). The molecule has 1 aromatic rings. The third kappa shape index (κ3) is 4.41. The van der Waals surface area contributed by atoms with Crippen LogP contribution in [0.4, 0.5) is 0 Å². The van der Waals surface area contributed by atoms with Crippen molar-refractivity contribution in [3.63, 3.8) is 0 Å². The number of hydrogen-bond donors (Lipinski definition) is 2. The summed E-state index contributed by atoms with van der Waals surface area (Å²) in [6, 6.07) is 0. The summed E-state index contributed by atoms with van der Waals surface area (Å²) in [6.07, 6.45) is 17.9. The first-order chi connectivity index (χ1) is 13.2. The fourth-order valence-corrected chi connectivity index (χ4v) is 6.45. The van der Waals surface area contributed by atoms with Crippen molar-refractivity contribution in [2.45, 2.75) is 95.8 Å². The van der Waals surface area contributed by atoms with Crippen LogP contribution in [0.1, 0.15) is 95.5 Å². The molecule has 0 aromatic carbocycles. The standard InChI is InChI=1S/C23H37N3O/c1-2-3-4-5-6-9-24-21(27)8-7-20-16-25-22(26-20)23-13-17-10-18(14-23)12-19(11-17)15-23/h16-19H,2-15H2,1H3,(H,24,27)(H,25,26). The Morgan fingerprint density at radius 1 is 1.11 bits per heavy atom. The zero-order valence-electron chi connectivity index (χ0n) is 17.1. The molecule has 4 nitrogen and oxygen atoms in total. The minimum absolute atomic E-state index is 0.177. The molecule has 4 fully saturated rings. The molecule has 0 aliphatic heterocycles. The van der Waals surface area contributed by atoms with Crippen molar-refractivity contribution in [1.82, 2.24) is 15.3 Å². The van der Waals surface area contributed by atoms with Crippen molar-refractivity contribution in [1.29, 1.82) is 0 Å². The van der Waals surface area contributed by atoms with Gasteiger partial charge in [-0.1, -0.05) is 32.6 Å². The van der Waals surface area contributed by atoms with Crippen molar-refractivity contribution in [3.8, 4) is 0 Å². The van der Waals surface area contributed by atoms with E-state index in [1.165, 1.54) is 70.0 Å². The van der Waals surface area contributed by atoms with Crippen molar-refractivity contribution in [2.75, 3.05) is 6.54 Å². The molecule has 4 aliphatic rings. The highest BCUT2D eigenvalue weighted by molar-refractivity contribution is 5.76. The Kier molecular flexibility index (Phi) is 5.89. The Balaban J connectivity index is 1.23. The minimum Gasteiger partial charge on any atom is -0.356 e. The molecule has 0 unspecified atom stereocenters. The summed E-state index contributed by atoms with van der Waals surface area (Å²) in [4.78, 5) is 20.5. The largest absolute Gasteiger partial charge is 0.356 e. The maximum atomic E-state index is 12.1. The second-order valence-corrected chi connectivity index (χ2v) is 9.72. The van der Waals surface area contributed by atoms with E-state index in [0.717, 1.165) is 42.8 Å². The summed E-state index contributed by atoms with van der Waals surface area (Å²) in [7, 11) is 0. The highest BCUT2D eigenvalue weighted by Gasteiger charge is 2.52. The molecule has 4 bridgehead atoms. The number of amides is 1. The van der Waals surface area contributed by atoms with Gasteiger partial charge in [-0.3, -0.25) is 4.79 Å². The maximum absolute atomic E-state index is 12.1. The summed E-state index contributed by atoms with van der Waals surface area (Å²) < 4.78 is 0. The molecule has 0 atom stereocenters. The van der Waals surface area contributed by atoms with Crippen LogP contribution in [-0.2, 0) is 16.6 Å². The van der Waals surface area contributed by atoms with Gasteiger partial charge in [0.25, 0.3) is 0 Å². The SMILES string of the molecule is CCCCCCCNC(=O)CCc1cnc(C23CC4CC(CC(C4)C2)C3)[nH]1. The lowest BCUT2D eigenvalue weighted by Crippen LogP contribution is -2.49. The number of hydrogen-bond acceptors (Lipinski definition) is 2. The number of rotatable bonds is 10. The van der Waals surface area contributed by atoms with Gasteiger partial charge in [-0.25, -0.2) is 4.98 Å². The van der Waals surface area contributed by atoms with E-state index < -0.39 is 0 Å². The highest BCUT2D eigenvalue weighted by atomic mass is 16.1. The zero-order valence-corrected chi connectivity index (χ0v) is 17.1. The van der Waals surface area contributed by atoms with E-state index in [2.05, 4.69) is 17.2 Å². The molecular formula is C23H37N3O. The third-order valence-electron chi connectivity index (χ3n) is 7.39. The van der Waals surface area contributed by atoms with Crippen LogP contribution in [0.25, 0.3) is 0 Å². The van der Waals surface area contributed by atoms with Gasteiger partial charge in [0.1, 0.15) is 5.82 Å². The summed E-state index contributed by atoms with van der Waals surface area (Å²) in [5, 5.41) is 3.07. The van der Waals surface area contributed by atoms with Crippen LogP contribution in [-0.4, -0.2) is 22.4 Å². The van der Waals surface area contributed by atoms with Crippen LogP contribution >= 0.6 is 0 Å². The predicted octanol–water partition coefficient (Wildman–Crippen LogP) is 4.90. The molecule has 4 heteroatoms. The molecular weight excluding hydrogens is 334 g/mol. The maximum Gasteiger partial charge on any atom is 0.220 e. The Labute approximate surface area is 164 Å². The van der Waals surface area contributed by atoms with Crippen molar-refractivity contribution in [2.24, 2.45) is 17.8 Å². The van der Waals surface area contributed by atoms with Gasteiger partial charge in [-0.15, -0.1) is 0 Å². The average Bonchev–Trinajstić information content (AvgIpc) is 3.12. The molecule has 4 aliphatic carbocycles. The number of H-pyrrole nitrogens is 1. The predicted molar refractivity (Wildman–Crippen MR) is 109 cm³/mol. The fraction of sp³-hybridized carbons (Fsp3) is 0.826. The quantitative estimate of drug-likeness (QED) is 0.575. The van der Waals surface area contributed by atoms with Gasteiger partial charge in [-0.05, 0) is 69.1 Å². The minimum atomic E-state index is 0.177. The summed E-state index contributed by atoms with van der Waals surface area (Å²) in [5.41, 5.74) is 1.46. The van der Waals surface area contributed by atoms with Crippen LogP contribution in [0.5, 0.6) is 0 Å². The van der Waals surface area contributed by atoms with E-state index in [1.54, 1.807) is 0 Å². The summed E-state index contributed by atoms with van der Waals surface area (Å²) >= 11 is 0. The number of unbranched alkanes of at least 4 members (excludes halogenated alkanes) is 4. The topological polar surface area (TPSA) is 57.8 Å². The molecule has 1 amide bonds. The Morgan fingerprint density at radius 3 is 2.44 bits per heavy atom. The number of imidazole rings is 1. The Hall–Kier alpha value is -1.32. The van der Waals surface area contributed by atoms with Crippen LogP contribution in [0.2, 0.25) is 0 Å². The lowest BCUT2D eigenvalue weighted by molar-refractivity contribution is -0.121. The molecule has 2 N–H and O–H groups in total. The number of nitrogens with zero attached hydrogens (tertiary/aromatic N) is 1. The average molecular weight is 372 g/mol. The van der Waals surface area contributed by atoms with Gasteiger partial charge < -0.3 is 10.3 Å². The summed E-state index contributed by atoms with van der Waals surface area (Å²) in [6.45, 7) is 3.05. The number of nitrogens with one attached hydrogen (secondary N) is 2. The molecule has 4 saturated carbocycles. The summed E-state index contributed by atoms with van der Waals surface area (Å²) in [5.74, 6) is 4.22. The number of carbonyl (C=O) groups excluding carboxylic acids is 1. The number of aryl methyl sites for hydroxylation is 1. The van der Waals surface area contributed by atoms with E-state index in [0.29, 0.717) is 11.8 Å². The number of carbonyl (C=O) groups is 1. The fourth-order valence-electron chi connectivity index (χ4n) is 6.45. The Morgan fingerprint density at radius 2 is 1.78 bits per heavy atom. The molecule has 150 valence electrons. The smallest absolute Gasteiger partial charge is 0.220 e. The Bertz CT molecular complexity index is 600. The monoisotopic (exact) mass is 371 g/mol. The normalized spacial score (nSPS) is 31.4. The van der Waals surface area contributed by atoms with Crippen molar-refractivity contribution >= 4 is 5.91 Å². The van der Waals surface area contributed by atoms with Crippen LogP contribution in [0, 0.1) is 17.8 Å². The van der Waals surface area contributed by atoms with Gasteiger partial charge in [-0.2, -0.15) is 0 Å². The first kappa shape index (κ1) is 19.0. The molecule has 0 radical (unpaired) electrons. The van der Waals surface area contributed by atoms with Crippen molar-refractivity contribution < 1.29 is 4.79 Å². The van der Waals surface area contributed by atoms with E-state index >= 15 is 0 Å². The third-order valence-corrected chi connectivity index (χ3v) is 7.39. The van der Waals surface area contributed by atoms with Gasteiger partial charge in [0.15, 0.2) is 0 Å². The van der Waals surface area contributed by atoms with Crippen molar-refractivity contribution in [3.05, 3.63) is 17.7 Å². The zero-order chi connectivity index (χ0) is 18.7. The van der Waals surface area contributed by atoms with Gasteiger partial charge in [0.05, 0.1) is 0 Å². The first-order valence-corrected chi connectivity index (χ1v) is 11.5. The molecule has 1 aromatic heterocycles. The molecule has 1 heterocycles. The van der Waals surface area contributed by atoms with E-state index in [4.69, 9.17) is 4.98 Å². The molecule has 27 heavy (non-hydrogen) atoms. The van der Waals surface area contributed by atoms with Crippen LogP contribution in [0.3, 0.4) is 0 Å². The van der Waals surface area contributed by atoms with Crippen LogP contribution in [0.15, 0.2) is 6.20 Å². The van der Waals surface area contributed by atoms with Gasteiger partial charge in [0, 0.05) is 30.3 Å². The van der Waals surface area contributed by atoms with E-state index in [1.807, 2.05) is 6.20 Å². The van der Waals surface area contributed by atoms with E-state index in [-0.39, 0.29) is 5.91 Å². The lowest BCUT2D eigenvalue weighted by atomic mass is 9.49. The van der Waals surface area contributed by atoms with E-state index in [9.17, 15) is 4.79 Å². The first-order valence-electron chi connectivity index (χ1n) is 11.5. The number of aromatic nitrogens is 2. The van der Waals surface area contributed by atoms with Crippen LogP contribution < -0.4 is 5.32 Å². The second-order valence-electron chi connectivity index (χ2n) is 9.72. The molecule has 0 spiro atoms. The second kappa shape index (κ2) is 8.36. The van der Waals surface area contributed by atoms with Gasteiger partial charge in [0.2, 0.25) is 5.91 Å². The highest BCUT2D eigenvalue weighted by Crippen LogP contribution is 2.60.